The fraction of sp³-hybridized carbons (Fsp3) is 0.417. The van der Waals surface area contributed by atoms with Crippen LogP contribution in [-0.2, 0) is 14.7 Å². The Morgan fingerprint density at radius 3 is 2.84 bits per heavy atom. The number of carbonyl (C=O) groups is 1. The van der Waals surface area contributed by atoms with Crippen molar-refractivity contribution in [2.24, 2.45) is 0 Å². The first-order valence-corrected chi connectivity index (χ1v) is 8.36. The van der Waals surface area contributed by atoms with Crippen LogP contribution in [-0.4, -0.2) is 58.3 Å². The molecule has 0 spiro atoms. The van der Waals surface area contributed by atoms with Crippen LogP contribution in [0.15, 0.2) is 27.2 Å². The molecule has 25 heavy (non-hydrogen) atoms. The smallest absolute Gasteiger partial charge is 0.724 e. The van der Waals surface area contributed by atoms with Crippen molar-refractivity contribution in [1.29, 1.82) is 0 Å². The summed E-state index contributed by atoms with van der Waals surface area (Å²) in [5, 5.41) is 8.42. The first-order valence-electron chi connectivity index (χ1n) is 7.03. The number of urea groups is 1. The third-order valence-electron chi connectivity index (χ3n) is 4.00. The van der Waals surface area contributed by atoms with Gasteiger partial charge in [0.05, 0.1) is 18.2 Å². The second-order valence-corrected chi connectivity index (χ2v) is 6.39. The maximum absolute atomic E-state index is 12.1. The van der Waals surface area contributed by atoms with Gasteiger partial charge in [-0.1, -0.05) is 0 Å². The Labute approximate surface area is 164 Å². The summed E-state index contributed by atoms with van der Waals surface area (Å²) in [6, 6.07) is 1.94. The Balaban J connectivity index is 0.00000182. The zero-order valence-electron chi connectivity index (χ0n) is 13.1. The van der Waals surface area contributed by atoms with Gasteiger partial charge >= 0.3 is 35.6 Å². The van der Waals surface area contributed by atoms with Crippen LogP contribution in [0.2, 0.25) is 0 Å². The molecule has 2 aromatic heterocycles. The number of nitrogens with zero attached hydrogens (tertiary/aromatic N) is 4. The van der Waals surface area contributed by atoms with Gasteiger partial charge in [-0.25, -0.2) is 13.2 Å². The van der Waals surface area contributed by atoms with Gasteiger partial charge in [-0.05, 0) is 18.6 Å². The summed E-state index contributed by atoms with van der Waals surface area (Å²) in [4.78, 5) is 13.5. The van der Waals surface area contributed by atoms with Crippen molar-refractivity contribution in [3.63, 3.8) is 0 Å². The molecular formula is C12H11N4NaO7S. The Bertz CT molecular complexity index is 868. The fourth-order valence-corrected chi connectivity index (χ4v) is 3.35. The molecule has 0 aliphatic carbocycles. The third kappa shape index (κ3) is 3.45. The molecule has 4 heterocycles. The van der Waals surface area contributed by atoms with Gasteiger partial charge in [0.1, 0.15) is 0 Å². The quantitative estimate of drug-likeness (QED) is 0.316. The van der Waals surface area contributed by atoms with Gasteiger partial charge < -0.3 is 18.3 Å². The van der Waals surface area contributed by atoms with E-state index in [1.165, 1.54) is 11.2 Å². The van der Waals surface area contributed by atoms with Crippen LogP contribution >= 0.6 is 0 Å². The number of rotatable bonds is 4. The van der Waals surface area contributed by atoms with Crippen LogP contribution in [0.1, 0.15) is 18.2 Å². The van der Waals surface area contributed by atoms with Gasteiger partial charge in [-0.3, -0.25) is 0 Å². The van der Waals surface area contributed by atoms with E-state index in [9.17, 15) is 17.8 Å². The average Bonchev–Trinajstić information content (AvgIpc) is 3.24. The zero-order valence-corrected chi connectivity index (χ0v) is 15.9. The SMILES string of the molecule is O=C1N2CC[C@@H](c3nnc(-c4ccco4)o3)[C@H](C2)N1OS(=O)(=O)[O-].[Na+]. The number of hydrogen-bond donors (Lipinski definition) is 0. The molecule has 2 atom stereocenters. The van der Waals surface area contributed by atoms with Gasteiger partial charge in [0.15, 0.2) is 5.76 Å². The number of carbonyl (C=O) groups excluding carboxylic acids is 1. The molecule has 2 amide bonds. The molecule has 2 bridgehead atoms. The van der Waals surface area contributed by atoms with Crippen molar-refractivity contribution >= 4 is 16.4 Å². The van der Waals surface area contributed by atoms with Crippen LogP contribution in [0, 0.1) is 0 Å². The Morgan fingerprint density at radius 1 is 1.36 bits per heavy atom. The number of hydrogen-bond acceptors (Lipinski definition) is 9. The molecule has 128 valence electrons. The topological polar surface area (TPSA) is 142 Å². The second-order valence-electron chi connectivity index (χ2n) is 5.42. The second kappa shape index (κ2) is 6.70. The third-order valence-corrected chi connectivity index (χ3v) is 4.35. The summed E-state index contributed by atoms with van der Waals surface area (Å²) >= 11 is 0. The van der Waals surface area contributed by atoms with Crippen LogP contribution in [0.4, 0.5) is 4.79 Å². The maximum atomic E-state index is 12.1. The van der Waals surface area contributed by atoms with E-state index in [0.717, 1.165) is 0 Å². The predicted octanol–water partition coefficient (Wildman–Crippen LogP) is -2.68. The minimum absolute atomic E-state index is 0. The molecule has 13 heteroatoms. The van der Waals surface area contributed by atoms with Crippen molar-refractivity contribution in [1.82, 2.24) is 20.2 Å². The van der Waals surface area contributed by atoms with E-state index in [1.807, 2.05) is 0 Å². The molecule has 2 aliphatic rings. The molecule has 2 fully saturated rings. The van der Waals surface area contributed by atoms with Gasteiger partial charge in [0, 0.05) is 13.1 Å². The monoisotopic (exact) mass is 378 g/mol. The number of piperidine rings is 1. The number of fused-ring (bicyclic) bond motifs is 2. The molecule has 2 saturated heterocycles. The van der Waals surface area contributed by atoms with E-state index in [0.29, 0.717) is 23.8 Å². The first kappa shape index (κ1) is 18.4. The fourth-order valence-electron chi connectivity index (χ4n) is 2.98. The normalized spacial score (nSPS) is 23.0. The Morgan fingerprint density at radius 2 is 2.16 bits per heavy atom. The minimum atomic E-state index is -5.07. The number of hydroxylamine groups is 2. The van der Waals surface area contributed by atoms with E-state index in [2.05, 4.69) is 14.5 Å². The summed E-state index contributed by atoms with van der Waals surface area (Å²) in [5.74, 6) is 0.331. The maximum Gasteiger partial charge on any atom is 1.00 e. The first-order chi connectivity index (χ1) is 11.4. The van der Waals surface area contributed by atoms with Crippen LogP contribution in [0.3, 0.4) is 0 Å². The molecule has 0 radical (unpaired) electrons. The van der Waals surface area contributed by atoms with Crippen molar-refractivity contribution in [2.45, 2.75) is 18.4 Å². The largest absolute Gasteiger partial charge is 1.00 e. The standard InChI is InChI=1S/C12H12N4O7S.Na/c17-12-15-4-3-7(8(6-15)16(12)23-24(18,19)20)10-13-14-11(22-10)9-2-1-5-21-9;/h1-2,5,7-8H,3-4,6H2,(H,18,19,20);/q;+1/p-1/t7-,8+;/m1./s1. The van der Waals surface area contributed by atoms with E-state index >= 15 is 0 Å². The van der Waals surface area contributed by atoms with Gasteiger partial charge in [-0.2, -0.15) is 9.35 Å². The zero-order chi connectivity index (χ0) is 16.9. The molecule has 0 N–H and O–H groups in total. The number of aromatic nitrogens is 2. The van der Waals surface area contributed by atoms with Crippen LogP contribution in [0.5, 0.6) is 0 Å². The van der Waals surface area contributed by atoms with Gasteiger partial charge in [-0.15, -0.1) is 10.2 Å². The number of furan rings is 1. The van der Waals surface area contributed by atoms with E-state index in [1.54, 1.807) is 12.1 Å². The van der Waals surface area contributed by atoms with Crippen molar-refractivity contribution in [3.05, 3.63) is 24.3 Å². The molecule has 0 aromatic carbocycles. The Hall–Kier alpha value is -1.44. The molecule has 2 aromatic rings. The van der Waals surface area contributed by atoms with Crippen molar-refractivity contribution in [2.75, 3.05) is 13.1 Å². The summed E-state index contributed by atoms with van der Waals surface area (Å²) in [6.45, 7) is 0.564. The summed E-state index contributed by atoms with van der Waals surface area (Å²) in [5.41, 5.74) is 0. The molecular weight excluding hydrogens is 367 g/mol. The predicted molar refractivity (Wildman–Crippen MR) is 72.7 cm³/mol. The molecule has 4 rings (SSSR count). The summed E-state index contributed by atoms with van der Waals surface area (Å²) in [7, 11) is -5.07. The molecule has 0 unspecified atom stereocenters. The Kier molecular flexibility index (Phi) is 4.92. The number of amides is 2. The van der Waals surface area contributed by atoms with Gasteiger partial charge in [0.25, 0.3) is 5.89 Å². The summed E-state index contributed by atoms with van der Waals surface area (Å²) in [6.07, 6.45) is 1.93. The van der Waals surface area contributed by atoms with Crippen LogP contribution < -0.4 is 29.6 Å². The molecule has 11 nitrogen and oxygen atoms in total. The molecule has 2 aliphatic heterocycles. The van der Waals surface area contributed by atoms with Crippen molar-refractivity contribution in [3.8, 4) is 11.7 Å². The van der Waals surface area contributed by atoms with E-state index in [-0.39, 0.29) is 47.9 Å². The van der Waals surface area contributed by atoms with E-state index < -0.39 is 28.4 Å². The summed E-state index contributed by atoms with van der Waals surface area (Å²) < 4.78 is 47.7. The van der Waals surface area contributed by atoms with Crippen LogP contribution in [0.25, 0.3) is 11.7 Å². The van der Waals surface area contributed by atoms with Crippen molar-refractivity contribution < 1.29 is 60.4 Å². The molecule has 0 saturated carbocycles. The van der Waals surface area contributed by atoms with E-state index in [4.69, 9.17) is 8.83 Å². The minimum Gasteiger partial charge on any atom is -0.724 e. The average molecular weight is 378 g/mol. The van der Waals surface area contributed by atoms with Gasteiger partial charge in [0.2, 0.25) is 16.3 Å².